The van der Waals surface area contributed by atoms with Crippen LogP contribution in [0.25, 0.3) is 43.5 Å². The molecule has 0 saturated heterocycles. The maximum absolute atomic E-state index is 12.1. The van der Waals surface area contributed by atoms with Crippen LogP contribution in [0.3, 0.4) is 0 Å². The number of amides is 1. The van der Waals surface area contributed by atoms with E-state index < -0.39 is 11.3 Å². The fourth-order valence-electron chi connectivity index (χ4n) is 3.54. The van der Waals surface area contributed by atoms with Crippen LogP contribution in [0.15, 0.2) is 60.9 Å². The zero-order valence-corrected chi connectivity index (χ0v) is 13.6. The van der Waals surface area contributed by atoms with Gasteiger partial charge in [-0.15, -0.1) is 0 Å². The third-order valence-electron chi connectivity index (χ3n) is 4.56. The van der Waals surface area contributed by atoms with E-state index in [4.69, 9.17) is 8.83 Å². The molecule has 0 aliphatic heterocycles. The van der Waals surface area contributed by atoms with Crippen LogP contribution in [0.5, 0.6) is 0 Å². The van der Waals surface area contributed by atoms with Gasteiger partial charge in [0, 0.05) is 28.8 Å². The minimum atomic E-state index is -0.663. The minimum absolute atomic E-state index is 0.174. The van der Waals surface area contributed by atoms with Gasteiger partial charge in [0.25, 0.3) is 0 Å². The van der Waals surface area contributed by atoms with Crippen molar-refractivity contribution in [3.63, 3.8) is 0 Å². The fourth-order valence-corrected chi connectivity index (χ4v) is 3.54. The van der Waals surface area contributed by atoms with Gasteiger partial charge in [0.05, 0.1) is 10.8 Å². The Balaban J connectivity index is 2.04. The Bertz CT molecular complexity index is 1450. The number of nitrogens with one attached hydrogen (secondary N) is 1. The van der Waals surface area contributed by atoms with Crippen LogP contribution in [0.1, 0.15) is 6.92 Å². The van der Waals surface area contributed by atoms with Crippen LogP contribution in [0.2, 0.25) is 0 Å². The van der Waals surface area contributed by atoms with Gasteiger partial charge < -0.3 is 14.2 Å². The summed E-state index contributed by atoms with van der Waals surface area (Å²) in [5, 5.41) is 6.26. The van der Waals surface area contributed by atoms with Crippen molar-refractivity contribution in [3.8, 4) is 0 Å². The van der Waals surface area contributed by atoms with Crippen molar-refractivity contribution in [1.29, 1.82) is 0 Å². The Hall–Kier alpha value is -3.67. The van der Waals surface area contributed by atoms with Crippen molar-refractivity contribution >= 4 is 55.1 Å². The zero-order chi connectivity index (χ0) is 18.0. The number of hydrogen-bond acceptors (Lipinski definition) is 5. The molecule has 0 spiro atoms. The summed E-state index contributed by atoms with van der Waals surface area (Å²) < 4.78 is 10.8. The van der Waals surface area contributed by atoms with Crippen molar-refractivity contribution in [2.24, 2.45) is 0 Å². The maximum atomic E-state index is 12.1. The number of anilines is 1. The summed E-state index contributed by atoms with van der Waals surface area (Å²) in [6.07, 6.45) is 0. The lowest BCUT2D eigenvalue weighted by molar-refractivity contribution is -0.114. The summed E-state index contributed by atoms with van der Waals surface area (Å²) in [7, 11) is 0. The minimum Gasteiger partial charge on any atom is -0.456 e. The summed E-state index contributed by atoms with van der Waals surface area (Å²) >= 11 is 0. The molecule has 1 amide bonds. The smallest absolute Gasteiger partial charge is 0.346 e. The van der Waals surface area contributed by atoms with Crippen LogP contribution < -0.4 is 16.6 Å². The van der Waals surface area contributed by atoms with Gasteiger partial charge in [0.2, 0.25) is 5.91 Å². The lowest BCUT2D eigenvalue weighted by atomic mass is 9.97. The average molecular weight is 345 g/mol. The highest BCUT2D eigenvalue weighted by Gasteiger charge is 2.17. The van der Waals surface area contributed by atoms with Crippen molar-refractivity contribution in [2.75, 3.05) is 5.32 Å². The molecular formula is C20H11NO5. The second kappa shape index (κ2) is 4.92. The number of fused-ring (bicyclic) bond motifs is 2. The number of benzene rings is 3. The summed E-state index contributed by atoms with van der Waals surface area (Å²) in [6.45, 7) is 1.44. The third kappa shape index (κ3) is 1.89. The van der Waals surface area contributed by atoms with Gasteiger partial charge in [-0.3, -0.25) is 4.79 Å². The number of rotatable bonds is 1. The van der Waals surface area contributed by atoms with E-state index in [-0.39, 0.29) is 5.91 Å². The van der Waals surface area contributed by atoms with E-state index in [2.05, 4.69) is 5.32 Å². The number of carbonyl (C=O) groups excluding carboxylic acids is 1. The first-order valence-corrected chi connectivity index (χ1v) is 7.99. The van der Waals surface area contributed by atoms with Gasteiger partial charge in [-0.05, 0) is 41.8 Å². The molecular weight excluding hydrogens is 334 g/mol. The van der Waals surface area contributed by atoms with Crippen LogP contribution in [-0.4, -0.2) is 5.91 Å². The molecule has 26 heavy (non-hydrogen) atoms. The summed E-state index contributed by atoms with van der Waals surface area (Å²) in [6, 6.07) is 12.1. The standard InChI is InChI=1S/C20H11NO5/c1-9(22)21-10-2-6-15-14(8-10)11-3-4-12-17-13(20(24)26-19(12)23)5-7-16(25-15)18(11)17/h2-8H,1H3,(H,21,22). The molecule has 0 saturated carbocycles. The van der Waals surface area contributed by atoms with E-state index in [9.17, 15) is 14.4 Å². The molecule has 0 aliphatic rings. The molecule has 0 radical (unpaired) electrons. The summed E-state index contributed by atoms with van der Waals surface area (Å²) in [5.41, 5.74) is 0.523. The quantitative estimate of drug-likeness (QED) is 0.370. The maximum Gasteiger partial charge on any atom is 0.346 e. The Morgan fingerprint density at radius 2 is 1.42 bits per heavy atom. The van der Waals surface area contributed by atoms with Crippen molar-refractivity contribution in [3.05, 3.63) is 63.3 Å². The molecule has 5 aromatic rings. The third-order valence-corrected chi connectivity index (χ3v) is 4.56. The molecule has 0 aliphatic carbocycles. The molecule has 1 N–H and O–H groups in total. The predicted octanol–water partition coefficient (Wildman–Crippen LogP) is 3.60. The van der Waals surface area contributed by atoms with Crippen molar-refractivity contribution < 1.29 is 13.6 Å². The first-order chi connectivity index (χ1) is 12.5. The van der Waals surface area contributed by atoms with E-state index >= 15 is 0 Å². The largest absolute Gasteiger partial charge is 0.456 e. The zero-order valence-electron chi connectivity index (χ0n) is 13.6. The van der Waals surface area contributed by atoms with E-state index in [1.54, 1.807) is 36.4 Å². The Labute approximate surface area is 145 Å². The van der Waals surface area contributed by atoms with Gasteiger partial charge in [0.15, 0.2) is 0 Å². The highest BCUT2D eigenvalue weighted by Crippen LogP contribution is 2.37. The molecule has 0 bridgehead atoms. The van der Waals surface area contributed by atoms with Crippen LogP contribution in [0.4, 0.5) is 5.69 Å². The Kier molecular flexibility index (Phi) is 2.77. The van der Waals surface area contributed by atoms with E-state index in [0.29, 0.717) is 38.4 Å². The molecule has 3 aromatic carbocycles. The fraction of sp³-hybridized carbons (Fsp3) is 0.0500. The average Bonchev–Trinajstić information content (AvgIpc) is 2.61. The summed E-state index contributed by atoms with van der Waals surface area (Å²) in [4.78, 5) is 35.5. The molecule has 126 valence electrons. The van der Waals surface area contributed by atoms with Crippen LogP contribution >= 0.6 is 0 Å². The SMILES string of the molecule is CC(=O)Nc1ccc2oc3ccc4c(=O)oc(=O)c5ccc(c2c1)c3c45. The number of hydrogen-bond donors (Lipinski definition) is 1. The Morgan fingerprint density at radius 1 is 0.769 bits per heavy atom. The predicted molar refractivity (Wildman–Crippen MR) is 99.0 cm³/mol. The van der Waals surface area contributed by atoms with Gasteiger partial charge in [-0.25, -0.2) is 9.59 Å². The van der Waals surface area contributed by atoms with Gasteiger partial charge in [0.1, 0.15) is 11.2 Å². The van der Waals surface area contributed by atoms with Gasteiger partial charge in [-0.2, -0.15) is 0 Å². The molecule has 6 nitrogen and oxygen atoms in total. The van der Waals surface area contributed by atoms with Crippen LogP contribution in [-0.2, 0) is 4.79 Å². The van der Waals surface area contributed by atoms with Crippen LogP contribution in [0, 0.1) is 0 Å². The second-order valence-corrected chi connectivity index (χ2v) is 6.19. The molecule has 0 atom stereocenters. The van der Waals surface area contributed by atoms with E-state index in [1.807, 2.05) is 6.07 Å². The van der Waals surface area contributed by atoms with Crippen molar-refractivity contribution in [2.45, 2.75) is 6.92 Å². The van der Waals surface area contributed by atoms with E-state index in [1.165, 1.54) is 6.92 Å². The first kappa shape index (κ1) is 14.7. The Morgan fingerprint density at radius 3 is 2.15 bits per heavy atom. The molecule has 6 heteroatoms. The highest BCUT2D eigenvalue weighted by atomic mass is 16.4. The van der Waals surface area contributed by atoms with Gasteiger partial charge in [-0.1, -0.05) is 6.07 Å². The first-order valence-electron chi connectivity index (χ1n) is 7.99. The summed E-state index contributed by atoms with van der Waals surface area (Å²) in [5.74, 6) is -0.174. The molecule has 0 fully saturated rings. The lowest BCUT2D eigenvalue weighted by Crippen LogP contribution is -2.12. The highest BCUT2D eigenvalue weighted by molar-refractivity contribution is 6.26. The lowest BCUT2D eigenvalue weighted by Gasteiger charge is -2.12. The molecule has 5 rings (SSSR count). The second-order valence-electron chi connectivity index (χ2n) is 6.19. The monoisotopic (exact) mass is 345 g/mol. The molecule has 2 aromatic heterocycles. The normalized spacial score (nSPS) is 11.7. The molecule has 0 unspecified atom stereocenters. The number of carbonyl (C=O) groups is 1. The van der Waals surface area contributed by atoms with Crippen molar-refractivity contribution in [1.82, 2.24) is 0 Å². The molecule has 2 heterocycles. The van der Waals surface area contributed by atoms with E-state index in [0.717, 1.165) is 10.8 Å². The van der Waals surface area contributed by atoms with Gasteiger partial charge >= 0.3 is 11.3 Å². The topological polar surface area (TPSA) is 89.5 Å².